The molecular weight excluding hydrogens is 403 g/mol. The maximum atomic E-state index is 11.7. The van der Waals surface area contributed by atoms with Crippen molar-refractivity contribution in [1.29, 1.82) is 0 Å². The standard InChI is InChI=1S/C11H14BrIO2S/c1-2-3-4-5-6-15-11(14)8-7-9(13)16-10(8)12/h7H,2-6H2,1H3. The Morgan fingerprint density at radius 1 is 1.50 bits per heavy atom. The molecule has 0 aliphatic carbocycles. The van der Waals surface area contributed by atoms with Gasteiger partial charge in [0, 0.05) is 0 Å². The predicted octanol–water partition coefficient (Wildman–Crippen LogP) is 4.85. The van der Waals surface area contributed by atoms with E-state index in [1.54, 1.807) is 11.3 Å². The first-order chi connectivity index (χ1) is 7.65. The number of carbonyl (C=O) groups is 1. The summed E-state index contributed by atoms with van der Waals surface area (Å²) < 4.78 is 7.15. The van der Waals surface area contributed by atoms with Crippen LogP contribution in [-0.4, -0.2) is 12.6 Å². The smallest absolute Gasteiger partial charge is 0.340 e. The topological polar surface area (TPSA) is 26.3 Å². The number of thiophene rings is 1. The molecule has 0 amide bonds. The maximum absolute atomic E-state index is 11.7. The zero-order chi connectivity index (χ0) is 12.0. The van der Waals surface area contributed by atoms with E-state index < -0.39 is 0 Å². The third kappa shape index (κ3) is 4.71. The van der Waals surface area contributed by atoms with Gasteiger partial charge in [0.2, 0.25) is 0 Å². The first-order valence-electron chi connectivity index (χ1n) is 5.27. The van der Waals surface area contributed by atoms with E-state index in [1.165, 1.54) is 12.8 Å². The SMILES string of the molecule is CCCCCCOC(=O)c1cc(I)sc1Br. The molecule has 5 heteroatoms. The van der Waals surface area contributed by atoms with E-state index >= 15 is 0 Å². The number of ether oxygens (including phenoxy) is 1. The van der Waals surface area contributed by atoms with Gasteiger partial charge in [-0.3, -0.25) is 0 Å². The van der Waals surface area contributed by atoms with Crippen molar-refractivity contribution in [3.63, 3.8) is 0 Å². The Bertz CT molecular complexity index is 352. The van der Waals surface area contributed by atoms with Crippen molar-refractivity contribution in [2.75, 3.05) is 6.61 Å². The van der Waals surface area contributed by atoms with Crippen molar-refractivity contribution >= 4 is 55.8 Å². The van der Waals surface area contributed by atoms with Crippen LogP contribution in [0.3, 0.4) is 0 Å². The predicted molar refractivity (Wildman–Crippen MR) is 79.2 cm³/mol. The molecule has 1 aromatic heterocycles. The molecule has 1 heterocycles. The molecule has 16 heavy (non-hydrogen) atoms. The highest BCUT2D eigenvalue weighted by Crippen LogP contribution is 2.29. The van der Waals surface area contributed by atoms with Crippen LogP contribution in [0.5, 0.6) is 0 Å². The summed E-state index contributed by atoms with van der Waals surface area (Å²) in [4.78, 5) is 11.7. The number of esters is 1. The Kier molecular flexibility index (Phi) is 6.91. The van der Waals surface area contributed by atoms with E-state index in [0.717, 1.165) is 19.5 Å². The lowest BCUT2D eigenvalue weighted by molar-refractivity contribution is 0.0497. The number of halogens is 2. The van der Waals surface area contributed by atoms with Crippen LogP contribution in [0.1, 0.15) is 43.0 Å². The Morgan fingerprint density at radius 3 is 2.81 bits per heavy atom. The second-order valence-electron chi connectivity index (χ2n) is 3.43. The summed E-state index contributed by atoms with van der Waals surface area (Å²) in [6.45, 7) is 2.69. The van der Waals surface area contributed by atoms with Crippen LogP contribution >= 0.6 is 49.9 Å². The zero-order valence-electron chi connectivity index (χ0n) is 9.09. The van der Waals surface area contributed by atoms with Gasteiger partial charge in [0.1, 0.15) is 0 Å². The van der Waals surface area contributed by atoms with Crippen LogP contribution in [-0.2, 0) is 4.74 Å². The Labute approximate surface area is 122 Å². The minimum atomic E-state index is -0.220. The second-order valence-corrected chi connectivity index (χ2v) is 7.70. The van der Waals surface area contributed by atoms with Gasteiger partial charge in [-0.1, -0.05) is 26.2 Å². The van der Waals surface area contributed by atoms with Crippen LogP contribution in [0, 0.1) is 2.88 Å². The van der Waals surface area contributed by atoms with E-state index in [0.29, 0.717) is 12.2 Å². The molecule has 1 rings (SSSR count). The maximum Gasteiger partial charge on any atom is 0.340 e. The average Bonchev–Trinajstić information content (AvgIpc) is 2.57. The molecule has 0 aromatic carbocycles. The highest BCUT2D eigenvalue weighted by Gasteiger charge is 2.14. The molecule has 1 aromatic rings. The summed E-state index contributed by atoms with van der Waals surface area (Å²) in [5, 5.41) is 0. The van der Waals surface area contributed by atoms with Gasteiger partial charge in [0.25, 0.3) is 0 Å². The largest absolute Gasteiger partial charge is 0.462 e. The molecule has 0 spiro atoms. The molecule has 0 aliphatic heterocycles. The van der Waals surface area contributed by atoms with E-state index in [4.69, 9.17) is 4.74 Å². The van der Waals surface area contributed by atoms with Gasteiger partial charge in [-0.15, -0.1) is 11.3 Å². The van der Waals surface area contributed by atoms with Gasteiger partial charge in [0.15, 0.2) is 0 Å². The number of unbranched alkanes of at least 4 members (excludes halogenated alkanes) is 3. The van der Waals surface area contributed by atoms with Gasteiger partial charge in [-0.25, -0.2) is 4.79 Å². The highest BCUT2D eigenvalue weighted by molar-refractivity contribution is 14.1. The number of carbonyl (C=O) groups excluding carboxylic acids is 1. The minimum absolute atomic E-state index is 0.220. The summed E-state index contributed by atoms with van der Waals surface area (Å²) in [7, 11) is 0. The van der Waals surface area contributed by atoms with E-state index in [9.17, 15) is 4.79 Å². The van der Waals surface area contributed by atoms with Crippen molar-refractivity contribution < 1.29 is 9.53 Å². The number of hydrogen-bond donors (Lipinski definition) is 0. The van der Waals surface area contributed by atoms with Crippen LogP contribution in [0.15, 0.2) is 9.85 Å². The number of hydrogen-bond acceptors (Lipinski definition) is 3. The fourth-order valence-electron chi connectivity index (χ4n) is 1.25. The lowest BCUT2D eigenvalue weighted by Gasteiger charge is -2.03. The molecule has 0 unspecified atom stereocenters. The van der Waals surface area contributed by atoms with Gasteiger partial charge < -0.3 is 4.74 Å². The van der Waals surface area contributed by atoms with Crippen LogP contribution in [0.25, 0.3) is 0 Å². The third-order valence-electron chi connectivity index (χ3n) is 2.11. The fourth-order valence-corrected chi connectivity index (χ4v) is 4.53. The van der Waals surface area contributed by atoms with E-state index in [-0.39, 0.29) is 5.97 Å². The molecular formula is C11H14BrIO2S. The fraction of sp³-hybridized carbons (Fsp3) is 0.545. The summed E-state index contributed by atoms with van der Waals surface area (Å²) in [5.74, 6) is -0.220. The zero-order valence-corrected chi connectivity index (χ0v) is 13.7. The lowest BCUT2D eigenvalue weighted by Crippen LogP contribution is -2.05. The Morgan fingerprint density at radius 2 is 2.25 bits per heavy atom. The van der Waals surface area contributed by atoms with Gasteiger partial charge in [-0.2, -0.15) is 0 Å². The monoisotopic (exact) mass is 416 g/mol. The van der Waals surface area contributed by atoms with Gasteiger partial charge >= 0.3 is 5.97 Å². The van der Waals surface area contributed by atoms with Crippen molar-refractivity contribution in [3.8, 4) is 0 Å². The van der Waals surface area contributed by atoms with Crippen LogP contribution in [0.4, 0.5) is 0 Å². The van der Waals surface area contributed by atoms with Gasteiger partial charge in [-0.05, 0) is 51.0 Å². The molecule has 0 saturated carbocycles. The number of rotatable bonds is 6. The average molecular weight is 417 g/mol. The molecule has 2 nitrogen and oxygen atoms in total. The van der Waals surface area contributed by atoms with E-state index in [1.807, 2.05) is 6.07 Å². The van der Waals surface area contributed by atoms with Gasteiger partial charge in [0.05, 0.1) is 18.8 Å². The quantitative estimate of drug-likeness (QED) is 0.376. The molecule has 0 bridgehead atoms. The van der Waals surface area contributed by atoms with Crippen molar-refractivity contribution in [1.82, 2.24) is 0 Å². The Hall–Kier alpha value is 0.380. The minimum Gasteiger partial charge on any atom is -0.462 e. The molecule has 0 atom stereocenters. The first kappa shape index (κ1) is 14.4. The summed E-state index contributed by atoms with van der Waals surface area (Å²) in [6, 6.07) is 1.85. The van der Waals surface area contributed by atoms with Crippen LogP contribution < -0.4 is 0 Å². The molecule has 0 fully saturated rings. The van der Waals surface area contributed by atoms with Crippen molar-refractivity contribution in [2.24, 2.45) is 0 Å². The third-order valence-corrected chi connectivity index (χ3v) is 4.70. The summed E-state index contributed by atoms with van der Waals surface area (Å²) in [6.07, 6.45) is 4.49. The van der Waals surface area contributed by atoms with Crippen molar-refractivity contribution in [2.45, 2.75) is 32.6 Å². The molecule has 0 N–H and O–H groups in total. The van der Waals surface area contributed by atoms with Crippen molar-refractivity contribution in [3.05, 3.63) is 18.3 Å². The van der Waals surface area contributed by atoms with E-state index in [2.05, 4.69) is 45.4 Å². The first-order valence-corrected chi connectivity index (χ1v) is 7.96. The molecule has 0 radical (unpaired) electrons. The molecule has 0 aliphatic rings. The summed E-state index contributed by atoms with van der Waals surface area (Å²) in [5.41, 5.74) is 0.643. The summed E-state index contributed by atoms with van der Waals surface area (Å²) >= 11 is 7.11. The Balaban J connectivity index is 2.33. The lowest BCUT2D eigenvalue weighted by atomic mass is 10.2. The molecule has 0 saturated heterocycles. The molecule has 90 valence electrons. The normalized spacial score (nSPS) is 10.4. The highest BCUT2D eigenvalue weighted by atomic mass is 127. The second kappa shape index (κ2) is 7.66. The van der Waals surface area contributed by atoms with Crippen LogP contribution in [0.2, 0.25) is 0 Å².